The van der Waals surface area contributed by atoms with Crippen LogP contribution in [0.3, 0.4) is 0 Å². The fourth-order valence-electron chi connectivity index (χ4n) is 2.13. The third kappa shape index (κ3) is 3.55. The van der Waals surface area contributed by atoms with Gasteiger partial charge in [-0.2, -0.15) is 0 Å². The average molecular weight is 360 g/mol. The van der Waals surface area contributed by atoms with Gasteiger partial charge in [0.15, 0.2) is 5.13 Å². The van der Waals surface area contributed by atoms with Crippen molar-refractivity contribution in [3.8, 4) is 17.1 Å². The van der Waals surface area contributed by atoms with E-state index < -0.39 is 0 Å². The van der Waals surface area contributed by atoms with Gasteiger partial charge in [0.2, 0.25) is 5.88 Å². The standard InChI is InChI=1S/C17H14ClN3O2S/c1-10-15(11-3-6-13(18)7-4-11)20-17(24-10)21-16(22)12-5-8-14(23-2)19-9-12/h3-9H,1-2H3,(H,20,21,22). The normalized spacial score (nSPS) is 10.5. The van der Waals surface area contributed by atoms with Gasteiger partial charge < -0.3 is 4.74 Å². The van der Waals surface area contributed by atoms with Crippen LogP contribution in [-0.2, 0) is 0 Å². The number of carbonyl (C=O) groups excluding carboxylic acids is 1. The summed E-state index contributed by atoms with van der Waals surface area (Å²) in [6, 6.07) is 10.7. The largest absolute Gasteiger partial charge is 0.481 e. The molecule has 0 bridgehead atoms. The quantitative estimate of drug-likeness (QED) is 0.748. The van der Waals surface area contributed by atoms with Crippen molar-refractivity contribution in [2.45, 2.75) is 6.92 Å². The molecule has 0 aliphatic heterocycles. The molecule has 0 unspecified atom stereocenters. The number of ether oxygens (including phenoxy) is 1. The van der Waals surface area contributed by atoms with Gasteiger partial charge in [-0.3, -0.25) is 10.1 Å². The zero-order chi connectivity index (χ0) is 17.1. The Morgan fingerprint density at radius 2 is 1.96 bits per heavy atom. The van der Waals surface area contributed by atoms with E-state index in [9.17, 15) is 4.79 Å². The first kappa shape index (κ1) is 16.4. The smallest absolute Gasteiger partial charge is 0.259 e. The Kier molecular flexibility index (Phi) is 4.78. The van der Waals surface area contributed by atoms with E-state index in [-0.39, 0.29) is 5.91 Å². The van der Waals surface area contributed by atoms with Gasteiger partial charge in [-0.15, -0.1) is 11.3 Å². The summed E-state index contributed by atoms with van der Waals surface area (Å²) < 4.78 is 4.98. The van der Waals surface area contributed by atoms with Gasteiger partial charge in [0.25, 0.3) is 5.91 Å². The number of halogens is 1. The Labute approximate surface area is 148 Å². The molecular weight excluding hydrogens is 346 g/mol. The highest BCUT2D eigenvalue weighted by molar-refractivity contribution is 7.16. The predicted molar refractivity (Wildman–Crippen MR) is 96.0 cm³/mol. The minimum Gasteiger partial charge on any atom is -0.481 e. The van der Waals surface area contributed by atoms with Crippen LogP contribution in [0, 0.1) is 6.92 Å². The van der Waals surface area contributed by atoms with E-state index in [1.54, 1.807) is 12.1 Å². The Bertz CT molecular complexity index is 861. The summed E-state index contributed by atoms with van der Waals surface area (Å²) in [5, 5.41) is 4.01. The predicted octanol–water partition coefficient (Wildman–Crippen LogP) is 4.43. The van der Waals surface area contributed by atoms with Crippen LogP contribution in [0.2, 0.25) is 5.02 Å². The molecule has 2 aromatic heterocycles. The lowest BCUT2D eigenvalue weighted by Gasteiger charge is -2.02. The molecule has 0 fully saturated rings. The van der Waals surface area contributed by atoms with Crippen molar-refractivity contribution in [3.63, 3.8) is 0 Å². The van der Waals surface area contributed by atoms with Crippen molar-refractivity contribution in [2.24, 2.45) is 0 Å². The Hall–Kier alpha value is -2.44. The fraction of sp³-hybridized carbons (Fsp3) is 0.118. The monoisotopic (exact) mass is 359 g/mol. The second-order valence-electron chi connectivity index (χ2n) is 4.97. The molecular formula is C17H14ClN3O2S. The number of nitrogens with one attached hydrogen (secondary N) is 1. The highest BCUT2D eigenvalue weighted by Crippen LogP contribution is 2.31. The van der Waals surface area contributed by atoms with E-state index >= 15 is 0 Å². The maximum atomic E-state index is 12.3. The molecule has 1 aromatic carbocycles. The molecule has 0 saturated carbocycles. The number of rotatable bonds is 4. The lowest BCUT2D eigenvalue weighted by atomic mass is 10.1. The molecule has 122 valence electrons. The molecule has 3 rings (SSSR count). The van der Waals surface area contributed by atoms with E-state index in [0.29, 0.717) is 21.6 Å². The molecule has 5 nitrogen and oxygen atoms in total. The van der Waals surface area contributed by atoms with Crippen LogP contribution in [-0.4, -0.2) is 23.0 Å². The molecule has 7 heteroatoms. The van der Waals surface area contributed by atoms with Gasteiger partial charge in [0, 0.05) is 27.7 Å². The van der Waals surface area contributed by atoms with Gasteiger partial charge in [-0.25, -0.2) is 9.97 Å². The van der Waals surface area contributed by atoms with Crippen LogP contribution in [0.15, 0.2) is 42.6 Å². The number of pyridine rings is 1. The first-order valence-electron chi connectivity index (χ1n) is 7.11. The van der Waals surface area contributed by atoms with Crippen molar-refractivity contribution >= 4 is 34.0 Å². The number of methoxy groups -OCH3 is 1. The molecule has 0 aliphatic rings. The third-order valence-electron chi connectivity index (χ3n) is 3.34. The number of benzene rings is 1. The average Bonchev–Trinajstić information content (AvgIpc) is 2.96. The number of amides is 1. The second-order valence-corrected chi connectivity index (χ2v) is 6.61. The zero-order valence-corrected chi connectivity index (χ0v) is 14.6. The maximum absolute atomic E-state index is 12.3. The molecule has 0 saturated heterocycles. The van der Waals surface area contributed by atoms with Gasteiger partial charge in [-0.1, -0.05) is 23.7 Å². The van der Waals surface area contributed by atoms with Crippen LogP contribution in [0.25, 0.3) is 11.3 Å². The number of carbonyl (C=O) groups is 1. The van der Waals surface area contributed by atoms with E-state index in [1.807, 2.05) is 31.2 Å². The number of hydrogen-bond donors (Lipinski definition) is 1. The molecule has 0 aliphatic carbocycles. The molecule has 1 amide bonds. The maximum Gasteiger partial charge on any atom is 0.259 e. The summed E-state index contributed by atoms with van der Waals surface area (Å²) in [7, 11) is 1.53. The number of nitrogens with zero attached hydrogens (tertiary/aromatic N) is 2. The van der Waals surface area contributed by atoms with Crippen LogP contribution >= 0.6 is 22.9 Å². The molecule has 0 spiro atoms. The summed E-state index contributed by atoms with van der Waals surface area (Å²) in [4.78, 5) is 21.8. The van der Waals surface area contributed by atoms with Crippen LogP contribution in [0.4, 0.5) is 5.13 Å². The summed E-state index contributed by atoms with van der Waals surface area (Å²) in [6.07, 6.45) is 1.47. The van der Waals surface area contributed by atoms with Gasteiger partial charge >= 0.3 is 0 Å². The summed E-state index contributed by atoms with van der Waals surface area (Å²) in [6.45, 7) is 1.96. The first-order valence-corrected chi connectivity index (χ1v) is 8.31. The Balaban J connectivity index is 1.79. The number of aryl methyl sites for hydroxylation is 1. The van der Waals surface area contributed by atoms with E-state index in [2.05, 4.69) is 15.3 Å². The van der Waals surface area contributed by atoms with Crippen LogP contribution in [0.5, 0.6) is 5.88 Å². The minimum absolute atomic E-state index is 0.262. The third-order valence-corrected chi connectivity index (χ3v) is 4.48. The van der Waals surface area contributed by atoms with Gasteiger partial charge in [-0.05, 0) is 25.1 Å². The first-order chi connectivity index (χ1) is 11.6. The van der Waals surface area contributed by atoms with Crippen molar-refractivity contribution < 1.29 is 9.53 Å². The summed E-state index contributed by atoms with van der Waals surface area (Å²) in [5.74, 6) is 0.197. The van der Waals surface area contributed by atoms with Crippen molar-refractivity contribution in [3.05, 3.63) is 58.1 Å². The topological polar surface area (TPSA) is 64.1 Å². The minimum atomic E-state index is -0.262. The second kappa shape index (κ2) is 6.98. The highest BCUT2D eigenvalue weighted by atomic mass is 35.5. The van der Waals surface area contributed by atoms with Crippen LogP contribution < -0.4 is 10.1 Å². The molecule has 0 radical (unpaired) electrons. The molecule has 24 heavy (non-hydrogen) atoms. The van der Waals surface area contributed by atoms with Crippen molar-refractivity contribution in [2.75, 3.05) is 12.4 Å². The Morgan fingerprint density at radius 1 is 1.21 bits per heavy atom. The van der Waals surface area contributed by atoms with Gasteiger partial charge in [0.1, 0.15) is 0 Å². The van der Waals surface area contributed by atoms with Crippen molar-refractivity contribution in [1.29, 1.82) is 0 Å². The van der Waals surface area contributed by atoms with Crippen molar-refractivity contribution in [1.82, 2.24) is 9.97 Å². The summed E-state index contributed by atoms with van der Waals surface area (Å²) in [5.41, 5.74) is 2.23. The van der Waals surface area contributed by atoms with Gasteiger partial charge in [0.05, 0.1) is 18.4 Å². The van der Waals surface area contributed by atoms with E-state index in [0.717, 1.165) is 16.1 Å². The van der Waals surface area contributed by atoms with E-state index in [4.69, 9.17) is 16.3 Å². The Morgan fingerprint density at radius 3 is 2.58 bits per heavy atom. The molecule has 1 N–H and O–H groups in total. The fourth-order valence-corrected chi connectivity index (χ4v) is 3.09. The molecule has 0 atom stereocenters. The zero-order valence-electron chi connectivity index (χ0n) is 13.0. The highest BCUT2D eigenvalue weighted by Gasteiger charge is 2.13. The number of hydrogen-bond acceptors (Lipinski definition) is 5. The number of aromatic nitrogens is 2. The number of thiazole rings is 1. The SMILES string of the molecule is COc1ccc(C(=O)Nc2nc(-c3ccc(Cl)cc3)c(C)s2)cn1. The lowest BCUT2D eigenvalue weighted by Crippen LogP contribution is -2.12. The summed E-state index contributed by atoms with van der Waals surface area (Å²) >= 11 is 7.34. The van der Waals surface area contributed by atoms with Crippen LogP contribution in [0.1, 0.15) is 15.2 Å². The van der Waals surface area contributed by atoms with E-state index in [1.165, 1.54) is 24.6 Å². The molecule has 2 heterocycles. The lowest BCUT2D eigenvalue weighted by molar-refractivity contribution is 0.102. The molecule has 3 aromatic rings. The number of anilines is 1.